The molecule has 3 aromatic carbocycles. The van der Waals surface area contributed by atoms with Gasteiger partial charge in [0.05, 0.1) is 18.7 Å². The number of benzene rings is 3. The standard InChI is InChI=1S/C34H37NO4/c1-33(2)29-19-24-15-21(17-27(36)32(24)39-34(29,3)14-13-30(33)37)11-12-22-16-26-31(28(18-22)38-5)25(20-35(26)4)23-9-7-6-8-10-23/h6-12,15-18,20,29-30,36-37H,13-14,19H2,1-5H3/b12-11+/t29-,30-,34-/m1/s1. The maximum atomic E-state index is 11.0. The smallest absolute Gasteiger partial charge is 0.164 e. The van der Waals surface area contributed by atoms with Crippen molar-refractivity contribution >= 4 is 23.1 Å². The zero-order valence-corrected chi connectivity index (χ0v) is 23.4. The number of aromatic nitrogens is 1. The third-order valence-corrected chi connectivity index (χ3v) is 9.18. The van der Waals surface area contributed by atoms with E-state index in [0.717, 1.165) is 57.3 Å². The molecule has 1 fully saturated rings. The Bertz CT molecular complexity index is 1580. The lowest BCUT2D eigenvalue weighted by atomic mass is 9.57. The number of hydrogen-bond donors (Lipinski definition) is 2. The molecule has 4 aromatic rings. The maximum absolute atomic E-state index is 11.0. The van der Waals surface area contributed by atoms with Gasteiger partial charge in [0.25, 0.3) is 0 Å². The van der Waals surface area contributed by atoms with Crippen LogP contribution in [0.3, 0.4) is 0 Å². The number of hydrogen-bond acceptors (Lipinski definition) is 4. The number of aryl methyl sites for hydroxylation is 1. The van der Waals surface area contributed by atoms with E-state index < -0.39 is 5.60 Å². The molecule has 202 valence electrons. The Balaban J connectivity index is 1.35. The van der Waals surface area contributed by atoms with Gasteiger partial charge in [0.2, 0.25) is 0 Å². The molecular weight excluding hydrogens is 486 g/mol. The molecule has 0 unspecified atom stereocenters. The highest BCUT2D eigenvalue weighted by atomic mass is 16.5. The van der Waals surface area contributed by atoms with Gasteiger partial charge in [-0.3, -0.25) is 0 Å². The van der Waals surface area contributed by atoms with Crippen molar-refractivity contribution in [2.45, 2.75) is 51.7 Å². The number of ether oxygens (including phenoxy) is 2. The van der Waals surface area contributed by atoms with Crippen molar-refractivity contribution in [1.82, 2.24) is 4.57 Å². The van der Waals surface area contributed by atoms with E-state index in [1.165, 1.54) is 0 Å². The lowest BCUT2D eigenvalue weighted by Crippen LogP contribution is -2.58. The summed E-state index contributed by atoms with van der Waals surface area (Å²) in [5, 5.41) is 22.8. The van der Waals surface area contributed by atoms with Crippen LogP contribution in [0.4, 0.5) is 0 Å². The Hall–Kier alpha value is -3.70. The van der Waals surface area contributed by atoms with Gasteiger partial charge >= 0.3 is 0 Å². The molecule has 0 amide bonds. The maximum Gasteiger partial charge on any atom is 0.164 e. The first-order valence-electron chi connectivity index (χ1n) is 13.7. The van der Waals surface area contributed by atoms with Gasteiger partial charge in [0.1, 0.15) is 11.4 Å². The summed E-state index contributed by atoms with van der Waals surface area (Å²) in [5.74, 6) is 1.73. The van der Waals surface area contributed by atoms with Crippen molar-refractivity contribution in [3.8, 4) is 28.4 Å². The van der Waals surface area contributed by atoms with E-state index in [-0.39, 0.29) is 23.2 Å². The average molecular weight is 524 g/mol. The number of fused-ring (bicyclic) bond motifs is 3. The van der Waals surface area contributed by atoms with E-state index in [0.29, 0.717) is 12.2 Å². The minimum Gasteiger partial charge on any atom is -0.504 e. The second kappa shape index (κ2) is 9.20. The van der Waals surface area contributed by atoms with Crippen LogP contribution in [0.1, 0.15) is 50.3 Å². The molecule has 0 radical (unpaired) electrons. The van der Waals surface area contributed by atoms with Gasteiger partial charge in [0.15, 0.2) is 11.5 Å². The molecule has 1 saturated carbocycles. The van der Waals surface area contributed by atoms with Crippen LogP contribution in [-0.4, -0.2) is 33.6 Å². The lowest BCUT2D eigenvalue weighted by molar-refractivity contribution is -0.138. The largest absolute Gasteiger partial charge is 0.504 e. The summed E-state index contributed by atoms with van der Waals surface area (Å²) in [7, 11) is 3.77. The fourth-order valence-electron chi connectivity index (χ4n) is 6.89. The Kier molecular flexibility index (Phi) is 6.03. The molecule has 3 atom stereocenters. The third-order valence-electron chi connectivity index (χ3n) is 9.18. The van der Waals surface area contributed by atoms with E-state index >= 15 is 0 Å². The number of aliphatic hydroxyl groups excluding tert-OH is 1. The Morgan fingerprint density at radius 1 is 1.03 bits per heavy atom. The highest BCUT2D eigenvalue weighted by molar-refractivity contribution is 6.01. The number of nitrogens with zero attached hydrogens (tertiary/aromatic N) is 1. The Morgan fingerprint density at radius 3 is 2.46 bits per heavy atom. The first-order valence-corrected chi connectivity index (χ1v) is 13.7. The molecule has 5 nitrogen and oxygen atoms in total. The zero-order chi connectivity index (χ0) is 27.5. The number of methoxy groups -OCH3 is 1. The molecule has 0 bridgehead atoms. The summed E-state index contributed by atoms with van der Waals surface area (Å²) in [5.41, 5.74) is 5.62. The van der Waals surface area contributed by atoms with Crippen LogP contribution in [-0.2, 0) is 13.5 Å². The van der Waals surface area contributed by atoms with Gasteiger partial charge in [-0.15, -0.1) is 0 Å². The van der Waals surface area contributed by atoms with Gasteiger partial charge in [-0.2, -0.15) is 0 Å². The monoisotopic (exact) mass is 523 g/mol. The number of aromatic hydroxyl groups is 1. The van der Waals surface area contributed by atoms with E-state index in [9.17, 15) is 10.2 Å². The summed E-state index contributed by atoms with van der Waals surface area (Å²) >= 11 is 0. The van der Waals surface area contributed by atoms with Crippen LogP contribution >= 0.6 is 0 Å². The van der Waals surface area contributed by atoms with E-state index in [4.69, 9.17) is 9.47 Å². The zero-order valence-electron chi connectivity index (χ0n) is 23.4. The Labute approximate surface area is 230 Å². The van der Waals surface area contributed by atoms with Crippen molar-refractivity contribution in [1.29, 1.82) is 0 Å². The summed E-state index contributed by atoms with van der Waals surface area (Å²) in [6.07, 6.45) is 8.11. The SMILES string of the molecule is COc1cc(/C=C/c2cc(O)c3c(c2)C[C@@H]2C(C)(C)[C@H](O)CC[C@@]2(C)O3)cc2c1c(-c1ccccc1)cn2C. The molecule has 2 N–H and O–H groups in total. The first-order chi connectivity index (χ1) is 18.6. The Morgan fingerprint density at radius 2 is 1.74 bits per heavy atom. The van der Waals surface area contributed by atoms with Crippen molar-refractivity contribution in [2.24, 2.45) is 18.4 Å². The highest BCUT2D eigenvalue weighted by Gasteiger charge is 2.54. The third kappa shape index (κ3) is 4.20. The molecule has 2 heterocycles. The minimum absolute atomic E-state index is 0.155. The molecular formula is C34H37NO4. The van der Waals surface area contributed by atoms with Crippen LogP contribution in [0.2, 0.25) is 0 Å². The molecule has 1 aliphatic heterocycles. The van der Waals surface area contributed by atoms with Gasteiger partial charge < -0.3 is 24.3 Å². The topological polar surface area (TPSA) is 63.9 Å². The molecule has 2 aliphatic rings. The molecule has 1 aliphatic carbocycles. The molecule has 39 heavy (non-hydrogen) atoms. The first kappa shape index (κ1) is 25.6. The van der Waals surface area contributed by atoms with Crippen molar-refractivity contribution in [3.63, 3.8) is 0 Å². The van der Waals surface area contributed by atoms with Gasteiger partial charge in [-0.25, -0.2) is 0 Å². The molecule has 0 saturated heterocycles. The van der Waals surface area contributed by atoms with Gasteiger partial charge in [-0.1, -0.05) is 56.3 Å². The highest BCUT2D eigenvalue weighted by Crippen LogP contribution is 2.54. The summed E-state index contributed by atoms with van der Waals surface area (Å²) < 4.78 is 14.5. The minimum atomic E-state index is -0.399. The second-order valence-electron chi connectivity index (χ2n) is 12.0. The van der Waals surface area contributed by atoms with Crippen molar-refractivity contribution in [3.05, 3.63) is 77.5 Å². The number of rotatable bonds is 4. The van der Waals surface area contributed by atoms with Crippen molar-refractivity contribution < 1.29 is 19.7 Å². The van der Waals surface area contributed by atoms with E-state index in [1.807, 2.05) is 12.1 Å². The fourth-order valence-corrected chi connectivity index (χ4v) is 6.89. The fraction of sp³-hybridized carbons (Fsp3) is 0.353. The number of phenols is 1. The van der Waals surface area contributed by atoms with E-state index in [1.54, 1.807) is 13.2 Å². The normalized spacial score (nSPS) is 23.8. The van der Waals surface area contributed by atoms with Crippen molar-refractivity contribution in [2.75, 3.05) is 7.11 Å². The lowest BCUT2D eigenvalue weighted by Gasteiger charge is -2.55. The molecule has 6 rings (SSSR count). The molecule has 0 spiro atoms. The van der Waals surface area contributed by atoms with Crippen LogP contribution in [0, 0.1) is 11.3 Å². The second-order valence-corrected chi connectivity index (χ2v) is 12.0. The van der Waals surface area contributed by atoms with Crippen LogP contribution in [0.5, 0.6) is 17.2 Å². The quantitative estimate of drug-likeness (QED) is 0.277. The van der Waals surface area contributed by atoms with Crippen LogP contribution in [0.25, 0.3) is 34.2 Å². The summed E-state index contributed by atoms with van der Waals surface area (Å²) in [4.78, 5) is 0. The summed E-state index contributed by atoms with van der Waals surface area (Å²) in [6, 6.07) is 18.5. The van der Waals surface area contributed by atoms with Crippen LogP contribution < -0.4 is 9.47 Å². The number of phenolic OH excluding ortho intramolecular Hbond substituents is 1. The summed E-state index contributed by atoms with van der Waals surface area (Å²) in [6.45, 7) is 6.39. The predicted octanol–water partition coefficient (Wildman–Crippen LogP) is 7.22. The van der Waals surface area contributed by atoms with Gasteiger partial charge in [0, 0.05) is 30.1 Å². The molecule has 5 heteroatoms. The van der Waals surface area contributed by atoms with E-state index in [2.05, 4.69) is 87.1 Å². The number of aliphatic hydroxyl groups is 1. The predicted molar refractivity (Wildman–Crippen MR) is 157 cm³/mol. The van der Waals surface area contributed by atoms with Gasteiger partial charge in [-0.05, 0) is 78.1 Å². The average Bonchev–Trinajstić information content (AvgIpc) is 3.26. The van der Waals surface area contributed by atoms with Crippen LogP contribution in [0.15, 0.2) is 60.8 Å². The molecule has 1 aromatic heterocycles.